The molecule has 1 atom stereocenters. The molecule has 0 amide bonds. The first-order valence-electron chi connectivity index (χ1n) is 7.20. The van der Waals surface area contributed by atoms with E-state index in [1.165, 1.54) is 12.8 Å². The van der Waals surface area contributed by atoms with E-state index in [1.807, 2.05) is 19.2 Å². The second-order valence-corrected chi connectivity index (χ2v) is 5.01. The van der Waals surface area contributed by atoms with Crippen molar-refractivity contribution in [3.05, 3.63) is 23.5 Å². The summed E-state index contributed by atoms with van der Waals surface area (Å²) in [7, 11) is 0. The van der Waals surface area contributed by atoms with Crippen molar-refractivity contribution in [1.29, 1.82) is 0 Å². The van der Waals surface area contributed by atoms with Gasteiger partial charge in [0, 0.05) is 36.7 Å². The number of aromatic nitrogens is 1. The molecule has 1 aliphatic rings. The summed E-state index contributed by atoms with van der Waals surface area (Å²) < 4.78 is 11.6. The molecule has 1 aliphatic heterocycles. The monoisotopic (exact) mass is 264 g/mol. The van der Waals surface area contributed by atoms with Crippen LogP contribution in [0.1, 0.15) is 37.4 Å². The molecule has 106 valence electrons. The summed E-state index contributed by atoms with van der Waals surface area (Å²) in [6, 6.07) is 2.01. The summed E-state index contributed by atoms with van der Waals surface area (Å²) in [6.45, 7) is 7.33. The van der Waals surface area contributed by atoms with Gasteiger partial charge in [-0.1, -0.05) is 6.92 Å². The van der Waals surface area contributed by atoms with E-state index in [2.05, 4.69) is 17.2 Å². The number of hydrogen-bond acceptors (Lipinski definition) is 4. The lowest BCUT2D eigenvalue weighted by atomic mass is 10.1. The summed E-state index contributed by atoms with van der Waals surface area (Å²) in [4.78, 5) is 4.34. The third-order valence-electron chi connectivity index (χ3n) is 3.34. The molecule has 0 bridgehead atoms. The molecule has 2 heterocycles. The predicted molar refractivity (Wildman–Crippen MR) is 75.4 cm³/mol. The average Bonchev–Trinajstić information content (AvgIpc) is 2.45. The maximum Gasteiger partial charge on any atom is 0.127 e. The van der Waals surface area contributed by atoms with Gasteiger partial charge in [0.25, 0.3) is 0 Å². The van der Waals surface area contributed by atoms with Crippen LogP contribution in [0.5, 0.6) is 5.75 Å². The van der Waals surface area contributed by atoms with Gasteiger partial charge in [0.05, 0.1) is 6.10 Å². The molecule has 4 nitrogen and oxygen atoms in total. The Kier molecular flexibility index (Phi) is 5.61. The van der Waals surface area contributed by atoms with E-state index >= 15 is 0 Å². The molecule has 1 aromatic rings. The standard InChI is InChI=1S/C15H24N2O2/c1-3-16-9-13-10-17-12(2)8-15(13)19-11-14-6-4-5-7-18-14/h8,10,14,16H,3-7,9,11H2,1-2H3. The Morgan fingerprint density at radius 1 is 1.47 bits per heavy atom. The lowest BCUT2D eigenvalue weighted by Crippen LogP contribution is -2.26. The van der Waals surface area contributed by atoms with Crippen molar-refractivity contribution in [3.63, 3.8) is 0 Å². The van der Waals surface area contributed by atoms with Gasteiger partial charge in [-0.2, -0.15) is 0 Å². The van der Waals surface area contributed by atoms with E-state index in [0.717, 1.165) is 43.1 Å². The van der Waals surface area contributed by atoms with Crippen LogP contribution in [0.4, 0.5) is 0 Å². The first kappa shape index (κ1) is 14.3. The second-order valence-electron chi connectivity index (χ2n) is 5.01. The van der Waals surface area contributed by atoms with E-state index in [-0.39, 0.29) is 6.10 Å². The van der Waals surface area contributed by atoms with Crippen LogP contribution in [0.15, 0.2) is 12.3 Å². The fourth-order valence-electron chi connectivity index (χ4n) is 2.21. The van der Waals surface area contributed by atoms with Crippen molar-refractivity contribution in [2.45, 2.75) is 45.8 Å². The number of rotatable bonds is 6. The summed E-state index contributed by atoms with van der Waals surface area (Å²) in [5.41, 5.74) is 2.10. The van der Waals surface area contributed by atoms with Crippen LogP contribution in [0.3, 0.4) is 0 Å². The quantitative estimate of drug-likeness (QED) is 0.857. The number of ether oxygens (including phenoxy) is 2. The Balaban J connectivity index is 1.94. The zero-order valence-corrected chi connectivity index (χ0v) is 11.9. The molecule has 0 aromatic carbocycles. The number of pyridine rings is 1. The van der Waals surface area contributed by atoms with Gasteiger partial charge >= 0.3 is 0 Å². The summed E-state index contributed by atoms with van der Waals surface area (Å²) in [6.07, 6.45) is 5.67. The van der Waals surface area contributed by atoms with Crippen LogP contribution >= 0.6 is 0 Å². The molecule has 1 N–H and O–H groups in total. The number of nitrogens with one attached hydrogen (secondary N) is 1. The van der Waals surface area contributed by atoms with Crippen molar-refractivity contribution in [2.24, 2.45) is 0 Å². The van der Waals surface area contributed by atoms with E-state index in [0.29, 0.717) is 6.61 Å². The van der Waals surface area contributed by atoms with Crippen molar-refractivity contribution in [1.82, 2.24) is 10.3 Å². The third-order valence-corrected chi connectivity index (χ3v) is 3.34. The van der Waals surface area contributed by atoms with Crippen molar-refractivity contribution >= 4 is 0 Å². The highest BCUT2D eigenvalue weighted by molar-refractivity contribution is 5.32. The fraction of sp³-hybridized carbons (Fsp3) is 0.667. The molecule has 19 heavy (non-hydrogen) atoms. The average molecular weight is 264 g/mol. The highest BCUT2D eigenvalue weighted by Crippen LogP contribution is 2.20. The smallest absolute Gasteiger partial charge is 0.127 e. The molecule has 1 fully saturated rings. The maximum absolute atomic E-state index is 5.95. The molecule has 0 radical (unpaired) electrons. The van der Waals surface area contributed by atoms with Crippen LogP contribution in [0.2, 0.25) is 0 Å². The van der Waals surface area contributed by atoms with E-state index in [1.54, 1.807) is 0 Å². The zero-order chi connectivity index (χ0) is 13.5. The number of aryl methyl sites for hydroxylation is 1. The lowest BCUT2D eigenvalue weighted by Gasteiger charge is -2.23. The Morgan fingerprint density at radius 2 is 2.37 bits per heavy atom. The summed E-state index contributed by atoms with van der Waals surface area (Å²) >= 11 is 0. The molecule has 0 saturated carbocycles. The van der Waals surface area contributed by atoms with Gasteiger partial charge in [-0.05, 0) is 32.7 Å². The first-order chi connectivity index (χ1) is 9.29. The highest BCUT2D eigenvalue weighted by Gasteiger charge is 2.15. The molecule has 0 spiro atoms. The maximum atomic E-state index is 5.95. The van der Waals surface area contributed by atoms with Crippen LogP contribution in [-0.4, -0.2) is 30.8 Å². The molecule has 1 aromatic heterocycles. The summed E-state index contributed by atoms with van der Waals surface area (Å²) in [5, 5.41) is 3.31. The Bertz CT molecular complexity index is 390. The highest BCUT2D eigenvalue weighted by atomic mass is 16.5. The van der Waals surface area contributed by atoms with Gasteiger partial charge < -0.3 is 14.8 Å². The molecule has 1 saturated heterocycles. The van der Waals surface area contributed by atoms with Crippen molar-refractivity contribution in [3.8, 4) is 5.75 Å². The first-order valence-corrected chi connectivity index (χ1v) is 7.20. The lowest BCUT2D eigenvalue weighted by molar-refractivity contribution is -0.0112. The molecule has 4 heteroatoms. The Morgan fingerprint density at radius 3 is 3.11 bits per heavy atom. The number of nitrogens with zero attached hydrogens (tertiary/aromatic N) is 1. The minimum Gasteiger partial charge on any atom is -0.490 e. The van der Waals surface area contributed by atoms with Crippen LogP contribution in [-0.2, 0) is 11.3 Å². The molecular weight excluding hydrogens is 240 g/mol. The molecule has 1 unspecified atom stereocenters. The SMILES string of the molecule is CCNCc1cnc(C)cc1OCC1CCCCO1. The topological polar surface area (TPSA) is 43.4 Å². The zero-order valence-electron chi connectivity index (χ0n) is 11.9. The van der Waals surface area contributed by atoms with Gasteiger partial charge in [0.2, 0.25) is 0 Å². The van der Waals surface area contributed by atoms with Gasteiger partial charge in [-0.15, -0.1) is 0 Å². The normalized spacial score (nSPS) is 19.4. The van der Waals surface area contributed by atoms with E-state index in [9.17, 15) is 0 Å². The van der Waals surface area contributed by atoms with Crippen LogP contribution < -0.4 is 10.1 Å². The second kappa shape index (κ2) is 7.46. The van der Waals surface area contributed by atoms with Crippen molar-refractivity contribution in [2.75, 3.05) is 19.8 Å². The van der Waals surface area contributed by atoms with Gasteiger partial charge in [-0.3, -0.25) is 4.98 Å². The molecular formula is C15H24N2O2. The minimum atomic E-state index is 0.245. The van der Waals surface area contributed by atoms with E-state index in [4.69, 9.17) is 9.47 Å². The van der Waals surface area contributed by atoms with Crippen LogP contribution in [0.25, 0.3) is 0 Å². The minimum absolute atomic E-state index is 0.245. The van der Waals surface area contributed by atoms with Crippen molar-refractivity contribution < 1.29 is 9.47 Å². The van der Waals surface area contributed by atoms with Crippen LogP contribution in [0, 0.1) is 6.92 Å². The van der Waals surface area contributed by atoms with Gasteiger partial charge in [-0.25, -0.2) is 0 Å². The Labute approximate surface area is 115 Å². The molecule has 0 aliphatic carbocycles. The third kappa shape index (κ3) is 4.48. The van der Waals surface area contributed by atoms with Gasteiger partial charge in [0.15, 0.2) is 0 Å². The van der Waals surface area contributed by atoms with E-state index < -0.39 is 0 Å². The number of hydrogen-bond donors (Lipinski definition) is 1. The fourth-order valence-corrected chi connectivity index (χ4v) is 2.21. The predicted octanol–water partition coefficient (Wildman–Crippen LogP) is 2.45. The van der Waals surface area contributed by atoms with Gasteiger partial charge in [0.1, 0.15) is 12.4 Å². The summed E-state index contributed by atoms with van der Waals surface area (Å²) in [5.74, 6) is 0.933. The molecule has 2 rings (SSSR count). The Hall–Kier alpha value is -1.13. The largest absolute Gasteiger partial charge is 0.490 e.